The van der Waals surface area contributed by atoms with Crippen LogP contribution in [0.1, 0.15) is 29.0 Å². The van der Waals surface area contributed by atoms with Gasteiger partial charge in [-0.05, 0) is 53.4 Å². The van der Waals surface area contributed by atoms with E-state index in [9.17, 15) is 18.5 Å². The first kappa shape index (κ1) is 20.9. The molecule has 0 bridgehead atoms. The van der Waals surface area contributed by atoms with E-state index in [0.29, 0.717) is 34.8 Å². The Balaban J connectivity index is 1.59. The normalized spacial score (nSPS) is 14.1. The molecule has 31 heavy (non-hydrogen) atoms. The van der Waals surface area contributed by atoms with Gasteiger partial charge in [-0.15, -0.1) is 0 Å². The molecule has 1 atom stereocenters. The molecule has 1 aliphatic heterocycles. The lowest BCUT2D eigenvalue weighted by molar-refractivity contribution is -0.116. The molecule has 2 N–H and O–H groups in total. The number of hydrogen-bond acceptors (Lipinski definition) is 4. The van der Waals surface area contributed by atoms with Crippen molar-refractivity contribution in [3.05, 3.63) is 88.4 Å². The molecule has 0 aromatic heterocycles. The van der Waals surface area contributed by atoms with Crippen molar-refractivity contribution < 1.29 is 13.2 Å². The van der Waals surface area contributed by atoms with Crippen LogP contribution >= 0.6 is 11.6 Å². The quantitative estimate of drug-likeness (QED) is 0.588. The highest BCUT2D eigenvalue weighted by Crippen LogP contribution is 2.33. The van der Waals surface area contributed by atoms with E-state index in [0.717, 1.165) is 11.1 Å². The standard InChI is InChI=1S/C23H18ClN3O3S/c24-21-13-17(7-9-19(21)20(14-25)15-4-2-1-3-5-15)27-31(29,30)18-8-10-22-16(12-18)6-11-23(28)26-22/h1-5,7-10,12-13,20,27H,6,11H2,(H,26,28)/t20-/m0/s1. The molecule has 8 heteroatoms. The average molecular weight is 452 g/mol. The summed E-state index contributed by atoms with van der Waals surface area (Å²) in [6, 6.07) is 20.9. The molecule has 3 aromatic rings. The maximum atomic E-state index is 12.9. The molecule has 0 fully saturated rings. The topological polar surface area (TPSA) is 99.1 Å². The maximum Gasteiger partial charge on any atom is 0.261 e. The zero-order valence-corrected chi connectivity index (χ0v) is 17.9. The summed E-state index contributed by atoms with van der Waals surface area (Å²) in [5.41, 5.74) is 3.11. The van der Waals surface area contributed by atoms with Crippen molar-refractivity contribution in [2.45, 2.75) is 23.7 Å². The molecule has 0 aliphatic carbocycles. The van der Waals surface area contributed by atoms with E-state index in [1.54, 1.807) is 24.3 Å². The number of anilines is 2. The smallest absolute Gasteiger partial charge is 0.261 e. The van der Waals surface area contributed by atoms with Gasteiger partial charge in [-0.3, -0.25) is 9.52 Å². The van der Waals surface area contributed by atoms with E-state index in [2.05, 4.69) is 16.1 Å². The Kier molecular flexibility index (Phi) is 5.68. The summed E-state index contributed by atoms with van der Waals surface area (Å²) in [5.74, 6) is -0.641. The van der Waals surface area contributed by atoms with Gasteiger partial charge in [0.1, 0.15) is 0 Å². The molecule has 1 aliphatic rings. The minimum atomic E-state index is -3.85. The zero-order valence-electron chi connectivity index (χ0n) is 16.3. The summed E-state index contributed by atoms with van der Waals surface area (Å²) in [7, 11) is -3.85. The molecular formula is C23H18ClN3O3S. The monoisotopic (exact) mass is 451 g/mol. The van der Waals surface area contributed by atoms with Gasteiger partial charge in [0, 0.05) is 17.1 Å². The van der Waals surface area contributed by atoms with Gasteiger partial charge >= 0.3 is 0 Å². The lowest BCUT2D eigenvalue weighted by Crippen LogP contribution is -2.20. The minimum absolute atomic E-state index is 0.0814. The van der Waals surface area contributed by atoms with Gasteiger partial charge in [0.25, 0.3) is 10.0 Å². The second kappa shape index (κ2) is 8.42. The van der Waals surface area contributed by atoms with Crippen LogP contribution in [0.2, 0.25) is 5.02 Å². The minimum Gasteiger partial charge on any atom is -0.326 e. The fourth-order valence-corrected chi connectivity index (χ4v) is 4.92. The maximum absolute atomic E-state index is 12.9. The van der Waals surface area contributed by atoms with Crippen LogP contribution in [-0.4, -0.2) is 14.3 Å². The average Bonchev–Trinajstić information content (AvgIpc) is 2.76. The Morgan fingerprint density at radius 3 is 2.52 bits per heavy atom. The van der Waals surface area contributed by atoms with E-state index in [4.69, 9.17) is 11.6 Å². The molecule has 0 unspecified atom stereocenters. The predicted molar refractivity (Wildman–Crippen MR) is 120 cm³/mol. The van der Waals surface area contributed by atoms with Crippen molar-refractivity contribution in [2.24, 2.45) is 0 Å². The number of carbonyl (C=O) groups is 1. The number of benzene rings is 3. The van der Waals surface area contributed by atoms with Crippen LogP contribution in [-0.2, 0) is 21.2 Å². The van der Waals surface area contributed by atoms with Crippen LogP contribution in [0.3, 0.4) is 0 Å². The fourth-order valence-electron chi connectivity index (χ4n) is 3.53. The number of rotatable bonds is 5. The number of halogens is 1. The van der Waals surface area contributed by atoms with Crippen molar-refractivity contribution in [3.8, 4) is 6.07 Å². The van der Waals surface area contributed by atoms with Gasteiger partial charge in [0.05, 0.1) is 22.6 Å². The Morgan fingerprint density at radius 2 is 1.81 bits per heavy atom. The van der Waals surface area contributed by atoms with Gasteiger partial charge in [-0.25, -0.2) is 8.42 Å². The highest BCUT2D eigenvalue weighted by Gasteiger charge is 2.21. The second-order valence-corrected chi connectivity index (χ2v) is 9.27. The fraction of sp³-hybridized carbons (Fsp3) is 0.130. The van der Waals surface area contributed by atoms with Crippen molar-refractivity contribution >= 4 is 38.9 Å². The number of carbonyl (C=O) groups excluding carboxylic acids is 1. The Bertz CT molecular complexity index is 1300. The summed E-state index contributed by atoms with van der Waals surface area (Å²) in [6.07, 6.45) is 0.808. The van der Waals surface area contributed by atoms with E-state index in [-0.39, 0.29) is 10.8 Å². The first-order valence-electron chi connectivity index (χ1n) is 9.57. The number of sulfonamides is 1. The highest BCUT2D eigenvalue weighted by atomic mass is 35.5. The lowest BCUT2D eigenvalue weighted by Gasteiger charge is -2.18. The van der Waals surface area contributed by atoms with Gasteiger partial charge in [-0.1, -0.05) is 48.0 Å². The third kappa shape index (κ3) is 4.41. The summed E-state index contributed by atoms with van der Waals surface area (Å²) in [6.45, 7) is 0. The molecule has 4 rings (SSSR count). The van der Waals surface area contributed by atoms with Crippen molar-refractivity contribution in [3.63, 3.8) is 0 Å². The number of nitrogens with zero attached hydrogens (tertiary/aromatic N) is 1. The number of fused-ring (bicyclic) bond motifs is 1. The predicted octanol–water partition coefficient (Wildman–Crippen LogP) is 4.68. The van der Waals surface area contributed by atoms with Gasteiger partial charge in [0.2, 0.25) is 5.91 Å². The van der Waals surface area contributed by atoms with Crippen LogP contribution < -0.4 is 10.0 Å². The molecule has 156 valence electrons. The molecule has 1 heterocycles. The first-order valence-corrected chi connectivity index (χ1v) is 11.4. The molecule has 0 spiro atoms. The summed E-state index contributed by atoms with van der Waals surface area (Å²) in [5, 5.41) is 12.7. The molecule has 6 nitrogen and oxygen atoms in total. The van der Waals surface area contributed by atoms with E-state index in [1.807, 2.05) is 30.3 Å². The second-order valence-electron chi connectivity index (χ2n) is 7.18. The highest BCUT2D eigenvalue weighted by molar-refractivity contribution is 7.92. The molecule has 0 saturated heterocycles. The van der Waals surface area contributed by atoms with Crippen molar-refractivity contribution in [1.82, 2.24) is 0 Å². The van der Waals surface area contributed by atoms with Crippen molar-refractivity contribution in [1.29, 1.82) is 5.26 Å². The third-order valence-electron chi connectivity index (χ3n) is 5.11. The van der Waals surface area contributed by atoms with Crippen LogP contribution in [0.15, 0.2) is 71.6 Å². The first-order chi connectivity index (χ1) is 14.9. The van der Waals surface area contributed by atoms with Gasteiger partial charge in [-0.2, -0.15) is 5.26 Å². The summed E-state index contributed by atoms with van der Waals surface area (Å²) < 4.78 is 28.3. The van der Waals surface area contributed by atoms with Crippen LogP contribution in [0.4, 0.5) is 11.4 Å². The Labute approximate surface area is 185 Å². The summed E-state index contributed by atoms with van der Waals surface area (Å²) in [4.78, 5) is 11.6. The lowest BCUT2D eigenvalue weighted by atomic mass is 9.92. The SMILES string of the molecule is N#C[C@@H](c1ccccc1)c1ccc(NS(=O)(=O)c2ccc3c(c2)CCC(=O)N3)cc1Cl. The van der Waals surface area contributed by atoms with E-state index < -0.39 is 15.9 Å². The number of nitriles is 1. The number of hydrogen-bond donors (Lipinski definition) is 2. The van der Waals surface area contributed by atoms with Crippen molar-refractivity contribution in [2.75, 3.05) is 10.0 Å². The largest absolute Gasteiger partial charge is 0.326 e. The number of nitrogens with one attached hydrogen (secondary N) is 2. The van der Waals surface area contributed by atoms with Crippen LogP contribution in [0, 0.1) is 11.3 Å². The number of amides is 1. The zero-order chi connectivity index (χ0) is 22.0. The summed E-state index contributed by atoms with van der Waals surface area (Å²) >= 11 is 6.41. The third-order valence-corrected chi connectivity index (χ3v) is 6.81. The number of aryl methyl sites for hydroxylation is 1. The Morgan fingerprint density at radius 1 is 1.03 bits per heavy atom. The molecular weight excluding hydrogens is 434 g/mol. The molecule has 1 amide bonds. The molecule has 0 saturated carbocycles. The van der Waals surface area contributed by atoms with Gasteiger partial charge < -0.3 is 5.32 Å². The molecule has 3 aromatic carbocycles. The van der Waals surface area contributed by atoms with Gasteiger partial charge in [0.15, 0.2) is 0 Å². The van der Waals surface area contributed by atoms with Crippen LogP contribution in [0.5, 0.6) is 0 Å². The van der Waals surface area contributed by atoms with Crippen LogP contribution in [0.25, 0.3) is 0 Å². The van der Waals surface area contributed by atoms with E-state index in [1.165, 1.54) is 12.1 Å². The molecule has 0 radical (unpaired) electrons. The van der Waals surface area contributed by atoms with E-state index >= 15 is 0 Å². The Hall–Kier alpha value is -3.34.